The minimum absolute atomic E-state index is 0. The molecule has 4 rings (SSSR count). The zero-order valence-electron chi connectivity index (χ0n) is 18.0. The summed E-state index contributed by atoms with van der Waals surface area (Å²) in [6.45, 7) is 1.29. The number of hydrogen-bond acceptors (Lipinski definition) is 5. The summed E-state index contributed by atoms with van der Waals surface area (Å²) in [6.07, 6.45) is 4.62. The number of nitrogens with zero attached hydrogens (tertiary/aromatic N) is 2. The van der Waals surface area contributed by atoms with Crippen LogP contribution in [-0.2, 0) is 20.9 Å². The fourth-order valence-corrected chi connectivity index (χ4v) is 4.75. The minimum atomic E-state index is -0.516. The number of benzene rings is 1. The van der Waals surface area contributed by atoms with E-state index in [4.69, 9.17) is 0 Å². The van der Waals surface area contributed by atoms with Crippen molar-refractivity contribution in [2.75, 3.05) is 32.6 Å². The third-order valence-electron chi connectivity index (χ3n) is 6.26. The molecule has 0 aromatic heterocycles. The monoisotopic (exact) mass is 553 g/mol. The molecule has 2 fully saturated rings. The number of methoxy groups -OCH3 is 1. The number of carbonyl (C=O) groups is 3. The molecule has 0 spiro atoms. The van der Waals surface area contributed by atoms with Crippen LogP contribution in [0.2, 0.25) is 0 Å². The molecule has 2 bridgehead atoms. The summed E-state index contributed by atoms with van der Waals surface area (Å²) in [6, 6.07) is 7.34. The van der Waals surface area contributed by atoms with E-state index in [0.717, 1.165) is 12.0 Å². The molecule has 0 radical (unpaired) electrons. The van der Waals surface area contributed by atoms with Crippen LogP contribution >= 0.6 is 24.0 Å². The van der Waals surface area contributed by atoms with Crippen molar-refractivity contribution in [2.45, 2.75) is 13.0 Å². The number of nitrogens with one attached hydrogen (secondary N) is 3. The van der Waals surface area contributed by atoms with Gasteiger partial charge < -0.3 is 15.4 Å². The summed E-state index contributed by atoms with van der Waals surface area (Å²) in [7, 11) is 2.98. The number of amides is 3. The average Bonchev–Trinajstić information content (AvgIpc) is 3.46. The maximum absolute atomic E-state index is 12.7. The first-order valence-corrected chi connectivity index (χ1v) is 10.4. The summed E-state index contributed by atoms with van der Waals surface area (Å²) in [5.74, 6) is 0.668. The van der Waals surface area contributed by atoms with Crippen LogP contribution in [0.15, 0.2) is 41.4 Å². The summed E-state index contributed by atoms with van der Waals surface area (Å²) in [4.78, 5) is 42.3. The minimum Gasteiger partial charge on any atom is -0.453 e. The number of anilines is 1. The Bertz CT molecular complexity index is 903. The number of halogens is 1. The molecule has 1 heterocycles. The molecule has 1 aromatic rings. The molecule has 9 nitrogen and oxygen atoms in total. The van der Waals surface area contributed by atoms with Crippen molar-refractivity contribution in [2.24, 2.45) is 28.7 Å². The number of hydrogen-bond donors (Lipinski definition) is 3. The van der Waals surface area contributed by atoms with Gasteiger partial charge >= 0.3 is 6.09 Å². The molecular weight excluding hydrogens is 525 g/mol. The van der Waals surface area contributed by atoms with E-state index in [1.54, 1.807) is 19.2 Å². The predicted molar refractivity (Wildman–Crippen MR) is 131 cm³/mol. The van der Waals surface area contributed by atoms with Gasteiger partial charge in [0.2, 0.25) is 11.8 Å². The lowest BCUT2D eigenvalue weighted by Crippen LogP contribution is -2.43. The fraction of sp³-hybridized carbons (Fsp3) is 0.455. The quantitative estimate of drug-likeness (QED) is 0.163. The van der Waals surface area contributed by atoms with Crippen LogP contribution in [0.3, 0.4) is 0 Å². The Morgan fingerprint density at radius 1 is 1.09 bits per heavy atom. The van der Waals surface area contributed by atoms with Crippen molar-refractivity contribution in [1.82, 2.24) is 15.5 Å². The maximum atomic E-state index is 12.7. The van der Waals surface area contributed by atoms with E-state index in [1.165, 1.54) is 12.0 Å². The van der Waals surface area contributed by atoms with Gasteiger partial charge in [0, 0.05) is 32.4 Å². The number of carbonyl (C=O) groups excluding carboxylic acids is 3. The van der Waals surface area contributed by atoms with Crippen molar-refractivity contribution in [3.63, 3.8) is 0 Å². The first-order chi connectivity index (χ1) is 15.0. The highest BCUT2D eigenvalue weighted by molar-refractivity contribution is 14.0. The first kappa shape index (κ1) is 24.0. The van der Waals surface area contributed by atoms with E-state index in [9.17, 15) is 14.4 Å². The van der Waals surface area contributed by atoms with Crippen LogP contribution in [0.1, 0.15) is 12.0 Å². The smallest absolute Gasteiger partial charge is 0.411 e. The molecule has 2 aliphatic carbocycles. The number of rotatable bonds is 6. The highest BCUT2D eigenvalue weighted by Gasteiger charge is 2.58. The molecule has 4 unspecified atom stereocenters. The second kappa shape index (κ2) is 10.3. The SMILES string of the molecule is CN=C(NCCN1C(=O)C2C3C=CC(C3)C2C1=O)NCc1ccc(NC(=O)OC)cc1.I. The van der Waals surface area contributed by atoms with Crippen LogP contribution in [0.5, 0.6) is 0 Å². The summed E-state index contributed by atoms with van der Waals surface area (Å²) in [5.41, 5.74) is 1.64. The van der Waals surface area contributed by atoms with E-state index in [1.807, 2.05) is 12.1 Å². The zero-order chi connectivity index (χ0) is 22.0. The molecule has 32 heavy (non-hydrogen) atoms. The van der Waals surface area contributed by atoms with E-state index in [-0.39, 0.29) is 59.5 Å². The fourth-order valence-electron chi connectivity index (χ4n) is 4.75. The predicted octanol–water partition coefficient (Wildman–Crippen LogP) is 1.96. The van der Waals surface area contributed by atoms with Gasteiger partial charge in [0.25, 0.3) is 0 Å². The van der Waals surface area contributed by atoms with Gasteiger partial charge in [-0.05, 0) is 36.0 Å². The Labute approximate surface area is 204 Å². The van der Waals surface area contributed by atoms with Crippen molar-refractivity contribution in [3.8, 4) is 0 Å². The number of imide groups is 1. The van der Waals surface area contributed by atoms with E-state index < -0.39 is 6.09 Å². The van der Waals surface area contributed by atoms with Crippen LogP contribution in [0, 0.1) is 23.7 Å². The Morgan fingerprint density at radius 2 is 1.72 bits per heavy atom. The number of ether oxygens (including phenoxy) is 1. The second-order valence-electron chi connectivity index (χ2n) is 7.99. The van der Waals surface area contributed by atoms with Gasteiger partial charge in [-0.25, -0.2) is 4.79 Å². The number of likely N-dealkylation sites (tertiary alicyclic amines) is 1. The van der Waals surface area contributed by atoms with Crippen LogP contribution in [0.4, 0.5) is 10.5 Å². The molecule has 1 aliphatic heterocycles. The summed E-state index contributed by atoms with van der Waals surface area (Å²) >= 11 is 0. The lowest BCUT2D eigenvalue weighted by atomic mass is 9.85. The summed E-state index contributed by atoms with van der Waals surface area (Å²) < 4.78 is 4.57. The van der Waals surface area contributed by atoms with E-state index in [2.05, 4.69) is 37.8 Å². The van der Waals surface area contributed by atoms with E-state index in [0.29, 0.717) is 31.3 Å². The standard InChI is InChI=1S/C22H27N5O4.HI/c1-23-21(25-12-13-3-7-16(8-4-13)26-22(30)31-2)24-9-10-27-19(28)17-14-5-6-15(11-14)18(17)20(27)29;/h3-8,14-15,17-18H,9-12H2,1-2H3,(H,26,30)(H2,23,24,25);1H. The number of guanidine groups is 1. The Kier molecular flexibility index (Phi) is 7.75. The van der Waals surface area contributed by atoms with Gasteiger partial charge in [-0.2, -0.15) is 0 Å². The van der Waals surface area contributed by atoms with Gasteiger partial charge in [0.15, 0.2) is 5.96 Å². The highest BCUT2D eigenvalue weighted by atomic mass is 127. The van der Waals surface area contributed by atoms with Crippen LogP contribution in [-0.4, -0.2) is 56.0 Å². The largest absolute Gasteiger partial charge is 0.453 e. The van der Waals surface area contributed by atoms with Crippen molar-refractivity contribution in [3.05, 3.63) is 42.0 Å². The van der Waals surface area contributed by atoms with Crippen molar-refractivity contribution >= 4 is 53.5 Å². The Balaban J connectivity index is 0.00000289. The van der Waals surface area contributed by atoms with Crippen LogP contribution < -0.4 is 16.0 Å². The lowest BCUT2D eigenvalue weighted by Gasteiger charge is -2.18. The van der Waals surface area contributed by atoms with Gasteiger partial charge in [-0.15, -0.1) is 24.0 Å². The second-order valence-corrected chi connectivity index (χ2v) is 7.99. The van der Waals surface area contributed by atoms with Gasteiger partial charge in [-0.3, -0.25) is 24.8 Å². The number of allylic oxidation sites excluding steroid dienone is 2. The summed E-state index contributed by atoms with van der Waals surface area (Å²) in [5, 5.41) is 8.96. The molecule has 10 heteroatoms. The van der Waals surface area contributed by atoms with Crippen LogP contribution in [0.25, 0.3) is 0 Å². The molecule has 4 atom stereocenters. The van der Waals surface area contributed by atoms with Crippen molar-refractivity contribution < 1.29 is 19.1 Å². The Morgan fingerprint density at radius 3 is 2.28 bits per heavy atom. The molecule has 1 aromatic carbocycles. The first-order valence-electron chi connectivity index (χ1n) is 10.4. The third kappa shape index (κ3) is 4.74. The molecule has 1 saturated heterocycles. The normalized spacial score (nSPS) is 25.4. The molecule has 172 valence electrons. The maximum Gasteiger partial charge on any atom is 0.411 e. The topological polar surface area (TPSA) is 112 Å². The van der Waals surface area contributed by atoms with E-state index >= 15 is 0 Å². The highest BCUT2D eigenvalue weighted by Crippen LogP contribution is 2.52. The van der Waals surface area contributed by atoms with Gasteiger partial charge in [-0.1, -0.05) is 24.3 Å². The molecule has 3 N–H and O–H groups in total. The van der Waals surface area contributed by atoms with Gasteiger partial charge in [0.05, 0.1) is 18.9 Å². The van der Waals surface area contributed by atoms with Crippen molar-refractivity contribution in [1.29, 1.82) is 0 Å². The molecular formula is C22H28IN5O4. The number of aliphatic imine (C=N–C) groups is 1. The Hall–Kier alpha value is -2.63. The molecule has 3 aliphatic rings. The zero-order valence-corrected chi connectivity index (χ0v) is 20.4. The van der Waals surface area contributed by atoms with Gasteiger partial charge in [0.1, 0.15) is 0 Å². The third-order valence-corrected chi connectivity index (χ3v) is 6.26. The molecule has 3 amide bonds. The number of fused-ring (bicyclic) bond motifs is 5. The lowest BCUT2D eigenvalue weighted by molar-refractivity contribution is -0.140. The average molecular weight is 553 g/mol. The molecule has 1 saturated carbocycles.